The SMILES string of the molecule is ON(O)c1cc(Cl)c(Sc2cccc(C(F)(F)F)c2)c(Cl)c1. The lowest BCUT2D eigenvalue weighted by Gasteiger charge is -2.13. The molecule has 0 aliphatic heterocycles. The van der Waals surface area contributed by atoms with Crippen LogP contribution in [0.2, 0.25) is 10.0 Å². The second-order valence-electron chi connectivity index (χ2n) is 4.16. The second kappa shape index (κ2) is 6.55. The topological polar surface area (TPSA) is 43.7 Å². The minimum Gasteiger partial charge on any atom is -0.264 e. The van der Waals surface area contributed by atoms with Gasteiger partial charge in [0.15, 0.2) is 0 Å². The van der Waals surface area contributed by atoms with Crippen LogP contribution in [-0.4, -0.2) is 10.4 Å². The van der Waals surface area contributed by atoms with Crippen LogP contribution in [-0.2, 0) is 6.18 Å². The summed E-state index contributed by atoms with van der Waals surface area (Å²) in [4.78, 5) is 0.615. The molecule has 0 aliphatic carbocycles. The quantitative estimate of drug-likeness (QED) is 0.676. The zero-order chi connectivity index (χ0) is 16.5. The summed E-state index contributed by atoms with van der Waals surface area (Å²) >= 11 is 12.9. The third-order valence-electron chi connectivity index (χ3n) is 2.60. The maximum Gasteiger partial charge on any atom is 0.416 e. The molecular weight excluding hydrogens is 362 g/mol. The smallest absolute Gasteiger partial charge is 0.264 e. The Kier molecular flexibility index (Phi) is 5.14. The lowest BCUT2D eigenvalue weighted by Crippen LogP contribution is -2.10. The highest BCUT2D eigenvalue weighted by Gasteiger charge is 2.30. The Morgan fingerprint density at radius 1 is 1.00 bits per heavy atom. The lowest BCUT2D eigenvalue weighted by atomic mass is 10.2. The molecule has 0 unspecified atom stereocenters. The summed E-state index contributed by atoms with van der Waals surface area (Å²) in [6.07, 6.45) is -4.44. The van der Waals surface area contributed by atoms with Crippen LogP contribution in [0.3, 0.4) is 0 Å². The maximum absolute atomic E-state index is 12.7. The molecule has 3 nitrogen and oxygen atoms in total. The molecule has 0 amide bonds. The first kappa shape index (κ1) is 17.2. The van der Waals surface area contributed by atoms with Crippen molar-refractivity contribution in [3.63, 3.8) is 0 Å². The Hall–Kier alpha value is -1.12. The van der Waals surface area contributed by atoms with Gasteiger partial charge in [0, 0.05) is 9.79 Å². The average molecular weight is 370 g/mol. The van der Waals surface area contributed by atoms with Gasteiger partial charge in [0.2, 0.25) is 0 Å². The van der Waals surface area contributed by atoms with E-state index in [1.807, 2.05) is 0 Å². The predicted molar refractivity (Wildman–Crippen MR) is 78.1 cm³/mol. The molecule has 0 fully saturated rings. The first-order valence-corrected chi connectivity index (χ1v) is 7.28. The molecule has 2 rings (SSSR count). The highest BCUT2D eigenvalue weighted by Crippen LogP contribution is 2.42. The van der Waals surface area contributed by atoms with Gasteiger partial charge in [-0.1, -0.05) is 41.0 Å². The van der Waals surface area contributed by atoms with Crippen molar-refractivity contribution >= 4 is 40.7 Å². The highest BCUT2D eigenvalue weighted by molar-refractivity contribution is 7.99. The third kappa shape index (κ3) is 3.99. The monoisotopic (exact) mass is 369 g/mol. The van der Waals surface area contributed by atoms with Gasteiger partial charge in [0.25, 0.3) is 0 Å². The number of anilines is 1. The summed E-state index contributed by atoms with van der Waals surface area (Å²) in [6.45, 7) is 0. The van der Waals surface area contributed by atoms with Gasteiger partial charge < -0.3 is 0 Å². The van der Waals surface area contributed by atoms with E-state index in [2.05, 4.69) is 0 Å². The number of alkyl halides is 3. The molecule has 2 aromatic carbocycles. The first-order chi connectivity index (χ1) is 10.2. The van der Waals surface area contributed by atoms with Crippen LogP contribution in [0.5, 0.6) is 0 Å². The van der Waals surface area contributed by atoms with E-state index in [1.165, 1.54) is 24.3 Å². The lowest BCUT2D eigenvalue weighted by molar-refractivity contribution is -0.137. The van der Waals surface area contributed by atoms with E-state index >= 15 is 0 Å². The Bertz CT molecular complexity index is 672. The van der Waals surface area contributed by atoms with Crippen molar-refractivity contribution in [2.75, 3.05) is 5.23 Å². The third-order valence-corrected chi connectivity index (χ3v) is 4.55. The Balaban J connectivity index is 2.36. The molecule has 2 N–H and O–H groups in total. The molecule has 0 aliphatic rings. The fourth-order valence-corrected chi connectivity index (χ4v) is 3.20. The van der Waals surface area contributed by atoms with Crippen molar-refractivity contribution in [1.82, 2.24) is 0 Å². The van der Waals surface area contributed by atoms with Gasteiger partial charge >= 0.3 is 6.18 Å². The highest BCUT2D eigenvalue weighted by atomic mass is 35.5. The standard InChI is InChI=1S/C13H8Cl2F3NO2S/c14-10-5-8(19(20)21)6-11(15)12(10)22-9-3-1-2-7(4-9)13(16,17)18/h1-6,20-21H. The Labute approximate surface area is 137 Å². The Morgan fingerprint density at radius 3 is 2.09 bits per heavy atom. The van der Waals surface area contributed by atoms with E-state index in [4.69, 9.17) is 33.6 Å². The van der Waals surface area contributed by atoms with E-state index in [0.29, 0.717) is 9.79 Å². The van der Waals surface area contributed by atoms with Gasteiger partial charge in [-0.15, -0.1) is 5.23 Å². The number of hydrogen-bond donors (Lipinski definition) is 2. The molecular formula is C13H8Cl2F3NO2S. The van der Waals surface area contributed by atoms with Crippen LogP contribution in [0, 0.1) is 0 Å². The molecule has 0 spiro atoms. The second-order valence-corrected chi connectivity index (χ2v) is 6.05. The van der Waals surface area contributed by atoms with Gasteiger partial charge in [-0.05, 0) is 30.3 Å². The zero-order valence-electron chi connectivity index (χ0n) is 10.6. The summed E-state index contributed by atoms with van der Waals surface area (Å²) in [7, 11) is 0. The van der Waals surface area contributed by atoms with E-state index in [0.717, 1.165) is 23.9 Å². The number of nitrogens with zero attached hydrogens (tertiary/aromatic N) is 1. The minimum atomic E-state index is -4.44. The predicted octanol–water partition coefficient (Wildman–Crippen LogP) is 5.75. The van der Waals surface area contributed by atoms with Crippen LogP contribution in [0.15, 0.2) is 46.2 Å². The maximum atomic E-state index is 12.7. The molecule has 9 heteroatoms. The molecule has 0 aromatic heterocycles. The summed E-state index contributed by atoms with van der Waals surface area (Å²) < 4.78 is 38.1. The fourth-order valence-electron chi connectivity index (χ4n) is 1.61. The normalized spacial score (nSPS) is 11.6. The number of benzene rings is 2. The first-order valence-electron chi connectivity index (χ1n) is 5.70. The van der Waals surface area contributed by atoms with Crippen LogP contribution in [0.1, 0.15) is 5.56 Å². The molecule has 0 saturated carbocycles. The van der Waals surface area contributed by atoms with Gasteiger partial charge in [-0.3, -0.25) is 10.4 Å². The number of rotatable bonds is 3. The molecule has 0 heterocycles. The molecule has 0 atom stereocenters. The van der Waals surface area contributed by atoms with Crippen molar-refractivity contribution in [2.45, 2.75) is 16.0 Å². The number of hydrogen-bond acceptors (Lipinski definition) is 4. The molecule has 22 heavy (non-hydrogen) atoms. The molecule has 2 aromatic rings. The van der Waals surface area contributed by atoms with Gasteiger partial charge in [0.05, 0.1) is 21.3 Å². The largest absolute Gasteiger partial charge is 0.416 e. The number of halogens is 5. The van der Waals surface area contributed by atoms with Gasteiger partial charge in [0.1, 0.15) is 0 Å². The van der Waals surface area contributed by atoms with Gasteiger partial charge in [-0.25, -0.2) is 0 Å². The van der Waals surface area contributed by atoms with E-state index in [-0.39, 0.29) is 21.0 Å². The average Bonchev–Trinajstić information content (AvgIpc) is 2.42. The van der Waals surface area contributed by atoms with Gasteiger partial charge in [-0.2, -0.15) is 13.2 Å². The molecule has 0 radical (unpaired) electrons. The molecule has 0 bridgehead atoms. The molecule has 118 valence electrons. The fraction of sp³-hybridized carbons (Fsp3) is 0.0769. The minimum absolute atomic E-state index is 0.0663. The zero-order valence-corrected chi connectivity index (χ0v) is 12.9. The van der Waals surface area contributed by atoms with Crippen LogP contribution < -0.4 is 5.23 Å². The van der Waals surface area contributed by atoms with E-state index in [1.54, 1.807) is 0 Å². The van der Waals surface area contributed by atoms with Crippen LogP contribution in [0.25, 0.3) is 0 Å². The summed E-state index contributed by atoms with van der Waals surface area (Å²) in [5.74, 6) is 0. The Morgan fingerprint density at radius 2 is 1.59 bits per heavy atom. The van der Waals surface area contributed by atoms with Crippen molar-refractivity contribution in [3.8, 4) is 0 Å². The van der Waals surface area contributed by atoms with Crippen LogP contribution in [0.4, 0.5) is 18.9 Å². The van der Waals surface area contributed by atoms with E-state index in [9.17, 15) is 13.2 Å². The summed E-state index contributed by atoms with van der Waals surface area (Å²) in [6, 6.07) is 7.17. The van der Waals surface area contributed by atoms with Crippen molar-refractivity contribution < 1.29 is 23.6 Å². The van der Waals surface area contributed by atoms with Crippen LogP contribution >= 0.6 is 35.0 Å². The van der Waals surface area contributed by atoms with Crippen molar-refractivity contribution in [3.05, 3.63) is 52.0 Å². The summed E-state index contributed by atoms with van der Waals surface area (Å²) in [5.41, 5.74) is -0.846. The molecule has 0 saturated heterocycles. The van der Waals surface area contributed by atoms with Crippen molar-refractivity contribution in [2.24, 2.45) is 0 Å². The summed E-state index contributed by atoms with van der Waals surface area (Å²) in [5, 5.41) is 17.8. The van der Waals surface area contributed by atoms with E-state index < -0.39 is 11.7 Å². The van der Waals surface area contributed by atoms with Crippen molar-refractivity contribution in [1.29, 1.82) is 0 Å².